The molecule has 0 heterocycles. The molecule has 2 aromatic carbocycles. The summed E-state index contributed by atoms with van der Waals surface area (Å²) in [5, 5.41) is 2.86. The zero-order valence-electron chi connectivity index (χ0n) is 13.8. The summed E-state index contributed by atoms with van der Waals surface area (Å²) in [6, 6.07) is 15.5. The molecule has 0 spiro atoms. The van der Waals surface area contributed by atoms with Crippen LogP contribution in [0.5, 0.6) is 0 Å². The first-order chi connectivity index (χ1) is 11.0. The third kappa shape index (κ3) is 4.42. The van der Waals surface area contributed by atoms with Crippen molar-refractivity contribution in [2.45, 2.75) is 27.3 Å². The molecule has 2 rings (SSSR count). The quantitative estimate of drug-likeness (QED) is 0.923. The van der Waals surface area contributed by atoms with E-state index in [1.807, 2.05) is 62.4 Å². The topological polar surface area (TPSA) is 49.4 Å². The van der Waals surface area contributed by atoms with Gasteiger partial charge in [0.25, 0.3) is 0 Å². The normalized spacial score (nSPS) is 10.2. The Labute approximate surface area is 137 Å². The Balaban J connectivity index is 2.06. The summed E-state index contributed by atoms with van der Waals surface area (Å²) in [5.41, 5.74) is 3.92. The Hall–Kier alpha value is -2.62. The molecule has 0 radical (unpaired) electrons. The Morgan fingerprint density at radius 3 is 2.35 bits per heavy atom. The van der Waals surface area contributed by atoms with Crippen LogP contribution in [0.1, 0.15) is 23.6 Å². The van der Waals surface area contributed by atoms with Gasteiger partial charge in [-0.05, 0) is 36.6 Å². The van der Waals surface area contributed by atoms with Gasteiger partial charge in [-0.1, -0.05) is 42.5 Å². The molecule has 2 aromatic rings. The largest absolute Gasteiger partial charge is 0.350 e. The highest BCUT2D eigenvalue weighted by atomic mass is 16.2. The molecule has 0 bridgehead atoms. The van der Waals surface area contributed by atoms with E-state index in [9.17, 15) is 9.59 Å². The van der Waals surface area contributed by atoms with Crippen LogP contribution in [0.4, 0.5) is 5.69 Å². The highest BCUT2D eigenvalue weighted by molar-refractivity contribution is 5.98. The number of hydrogen-bond donors (Lipinski definition) is 1. The summed E-state index contributed by atoms with van der Waals surface area (Å²) < 4.78 is 0. The first kappa shape index (κ1) is 16.7. The van der Waals surface area contributed by atoms with E-state index < -0.39 is 0 Å². The minimum absolute atomic E-state index is 0.0203. The zero-order chi connectivity index (χ0) is 16.8. The Morgan fingerprint density at radius 2 is 1.70 bits per heavy atom. The van der Waals surface area contributed by atoms with Crippen LogP contribution in [0.25, 0.3) is 0 Å². The smallest absolute Gasteiger partial charge is 0.240 e. The van der Waals surface area contributed by atoms with Gasteiger partial charge in [0.15, 0.2) is 0 Å². The van der Waals surface area contributed by atoms with E-state index in [4.69, 9.17) is 0 Å². The molecule has 0 aromatic heterocycles. The molecule has 2 amide bonds. The maximum Gasteiger partial charge on any atom is 0.240 e. The third-order valence-electron chi connectivity index (χ3n) is 3.88. The van der Waals surface area contributed by atoms with Crippen molar-refractivity contribution in [3.63, 3.8) is 0 Å². The van der Waals surface area contributed by atoms with E-state index in [1.54, 1.807) is 0 Å². The highest BCUT2D eigenvalue weighted by Gasteiger charge is 2.17. The van der Waals surface area contributed by atoms with Gasteiger partial charge in [-0.25, -0.2) is 0 Å². The maximum atomic E-state index is 12.2. The minimum Gasteiger partial charge on any atom is -0.350 e. The van der Waals surface area contributed by atoms with E-state index in [2.05, 4.69) is 5.32 Å². The molecule has 23 heavy (non-hydrogen) atoms. The number of rotatable bonds is 5. The van der Waals surface area contributed by atoms with Gasteiger partial charge in [0.2, 0.25) is 11.8 Å². The maximum absolute atomic E-state index is 12.2. The molecular weight excluding hydrogens is 288 g/mol. The van der Waals surface area contributed by atoms with Gasteiger partial charge in [-0.3, -0.25) is 9.59 Å². The first-order valence-electron chi connectivity index (χ1n) is 7.64. The van der Waals surface area contributed by atoms with Crippen molar-refractivity contribution in [3.8, 4) is 0 Å². The summed E-state index contributed by atoms with van der Waals surface area (Å²) in [6.07, 6.45) is 0. The van der Waals surface area contributed by atoms with Crippen LogP contribution in [-0.2, 0) is 16.1 Å². The lowest BCUT2D eigenvalue weighted by Crippen LogP contribution is -2.40. The molecule has 4 nitrogen and oxygen atoms in total. The molecule has 1 N–H and O–H groups in total. The van der Waals surface area contributed by atoms with E-state index in [1.165, 1.54) is 11.8 Å². The summed E-state index contributed by atoms with van der Waals surface area (Å²) in [7, 11) is 0. The summed E-state index contributed by atoms with van der Waals surface area (Å²) in [4.78, 5) is 25.7. The number of anilines is 1. The van der Waals surface area contributed by atoms with Crippen LogP contribution in [0.3, 0.4) is 0 Å². The van der Waals surface area contributed by atoms with Crippen molar-refractivity contribution in [2.75, 3.05) is 11.4 Å². The van der Waals surface area contributed by atoms with Crippen LogP contribution in [0.15, 0.2) is 48.5 Å². The molecule has 0 aliphatic rings. The average molecular weight is 310 g/mol. The molecular formula is C19H22N2O2. The molecule has 0 atom stereocenters. The average Bonchev–Trinajstić information content (AvgIpc) is 2.54. The van der Waals surface area contributed by atoms with Crippen molar-refractivity contribution in [1.82, 2.24) is 5.32 Å². The summed E-state index contributed by atoms with van der Waals surface area (Å²) in [6.45, 7) is 5.91. The highest BCUT2D eigenvalue weighted by Crippen LogP contribution is 2.22. The minimum atomic E-state index is -0.176. The number of hydrogen-bond acceptors (Lipinski definition) is 2. The van der Waals surface area contributed by atoms with Crippen LogP contribution in [-0.4, -0.2) is 18.4 Å². The van der Waals surface area contributed by atoms with Gasteiger partial charge in [-0.15, -0.1) is 0 Å². The first-order valence-corrected chi connectivity index (χ1v) is 7.64. The lowest BCUT2D eigenvalue weighted by atomic mass is 10.1. The predicted molar refractivity (Wildman–Crippen MR) is 92.2 cm³/mol. The van der Waals surface area contributed by atoms with E-state index in [0.29, 0.717) is 6.54 Å². The van der Waals surface area contributed by atoms with Crippen molar-refractivity contribution in [1.29, 1.82) is 0 Å². The van der Waals surface area contributed by atoms with Crippen LogP contribution < -0.4 is 10.2 Å². The third-order valence-corrected chi connectivity index (χ3v) is 3.88. The SMILES string of the molecule is CC(=O)N(CC(=O)NCc1ccccc1)c1cccc(C)c1C. The monoisotopic (exact) mass is 310 g/mol. The van der Waals surface area contributed by atoms with Gasteiger partial charge in [0.05, 0.1) is 0 Å². The fourth-order valence-electron chi connectivity index (χ4n) is 2.39. The van der Waals surface area contributed by atoms with Gasteiger partial charge < -0.3 is 10.2 Å². The Morgan fingerprint density at radius 1 is 1.00 bits per heavy atom. The molecule has 4 heteroatoms. The van der Waals surface area contributed by atoms with E-state index in [0.717, 1.165) is 22.4 Å². The van der Waals surface area contributed by atoms with Crippen LogP contribution in [0.2, 0.25) is 0 Å². The van der Waals surface area contributed by atoms with Gasteiger partial charge in [-0.2, -0.15) is 0 Å². The molecule has 120 valence electrons. The number of carbonyl (C=O) groups is 2. The summed E-state index contributed by atoms with van der Waals surface area (Å²) in [5.74, 6) is -0.321. The van der Waals surface area contributed by atoms with Gasteiger partial charge >= 0.3 is 0 Å². The van der Waals surface area contributed by atoms with Crippen LogP contribution in [0, 0.1) is 13.8 Å². The number of amides is 2. The van der Waals surface area contributed by atoms with Gasteiger partial charge in [0, 0.05) is 19.2 Å². The fourth-order valence-corrected chi connectivity index (χ4v) is 2.39. The predicted octanol–water partition coefficient (Wildman–Crippen LogP) is 2.97. The lowest BCUT2D eigenvalue weighted by Gasteiger charge is -2.23. The number of aryl methyl sites for hydroxylation is 1. The lowest BCUT2D eigenvalue weighted by molar-refractivity contribution is -0.123. The Kier molecular flexibility index (Phi) is 5.52. The number of nitrogens with zero attached hydrogens (tertiary/aromatic N) is 1. The Bertz CT molecular complexity index is 696. The fraction of sp³-hybridized carbons (Fsp3) is 0.263. The number of nitrogens with one attached hydrogen (secondary N) is 1. The van der Waals surface area contributed by atoms with E-state index >= 15 is 0 Å². The van der Waals surface area contributed by atoms with E-state index in [-0.39, 0.29) is 18.4 Å². The second-order valence-corrected chi connectivity index (χ2v) is 5.59. The molecule has 0 saturated carbocycles. The summed E-state index contributed by atoms with van der Waals surface area (Å²) >= 11 is 0. The molecule has 0 aliphatic heterocycles. The molecule has 0 saturated heterocycles. The second-order valence-electron chi connectivity index (χ2n) is 5.59. The molecule has 0 fully saturated rings. The van der Waals surface area contributed by atoms with Gasteiger partial charge in [0.1, 0.15) is 6.54 Å². The second kappa shape index (κ2) is 7.58. The standard InChI is InChI=1S/C19H22N2O2/c1-14-8-7-11-18(15(14)2)21(16(3)22)13-19(23)20-12-17-9-5-4-6-10-17/h4-11H,12-13H2,1-3H3,(H,20,23). The van der Waals surface area contributed by atoms with Crippen LogP contribution >= 0.6 is 0 Å². The van der Waals surface area contributed by atoms with Crippen molar-refractivity contribution in [2.24, 2.45) is 0 Å². The molecule has 0 aliphatic carbocycles. The number of carbonyl (C=O) groups excluding carboxylic acids is 2. The number of benzene rings is 2. The van der Waals surface area contributed by atoms with Crippen molar-refractivity contribution < 1.29 is 9.59 Å². The zero-order valence-corrected chi connectivity index (χ0v) is 13.8. The van der Waals surface area contributed by atoms with Crippen molar-refractivity contribution in [3.05, 3.63) is 65.2 Å². The molecule has 0 unspecified atom stereocenters. The van der Waals surface area contributed by atoms with Crippen molar-refractivity contribution >= 4 is 17.5 Å².